The largest absolute Gasteiger partial charge is 0.505 e. The summed E-state index contributed by atoms with van der Waals surface area (Å²) in [7, 11) is 0. The SMILES string of the molecule is O=C(N[C@H](Cc1ccccc1)C(=O)O)c1nc(Cl)c2ccccc2c1O. The van der Waals surface area contributed by atoms with Crippen LogP contribution in [0.4, 0.5) is 0 Å². The van der Waals surface area contributed by atoms with E-state index in [1.54, 1.807) is 48.5 Å². The van der Waals surface area contributed by atoms with E-state index >= 15 is 0 Å². The molecule has 1 amide bonds. The number of amides is 1. The summed E-state index contributed by atoms with van der Waals surface area (Å²) in [5, 5.41) is 23.1. The van der Waals surface area contributed by atoms with Crippen LogP contribution in [0.3, 0.4) is 0 Å². The van der Waals surface area contributed by atoms with Gasteiger partial charge in [0.1, 0.15) is 11.2 Å². The van der Waals surface area contributed by atoms with E-state index in [0.29, 0.717) is 10.8 Å². The lowest BCUT2D eigenvalue weighted by Crippen LogP contribution is -2.42. The second-order valence-corrected chi connectivity index (χ2v) is 6.06. The van der Waals surface area contributed by atoms with Crippen molar-refractivity contribution in [1.82, 2.24) is 10.3 Å². The monoisotopic (exact) mass is 370 g/mol. The Morgan fingerprint density at radius 2 is 1.65 bits per heavy atom. The third kappa shape index (κ3) is 3.60. The van der Waals surface area contributed by atoms with Gasteiger partial charge in [0.25, 0.3) is 5.91 Å². The van der Waals surface area contributed by atoms with Crippen molar-refractivity contribution in [3.05, 3.63) is 71.0 Å². The highest BCUT2D eigenvalue weighted by Crippen LogP contribution is 2.31. The van der Waals surface area contributed by atoms with Crippen molar-refractivity contribution in [3.8, 4) is 5.75 Å². The maximum Gasteiger partial charge on any atom is 0.326 e. The molecule has 1 heterocycles. The van der Waals surface area contributed by atoms with Crippen LogP contribution >= 0.6 is 11.6 Å². The number of carbonyl (C=O) groups excluding carboxylic acids is 1. The van der Waals surface area contributed by atoms with Crippen LogP contribution in [0.1, 0.15) is 16.1 Å². The highest BCUT2D eigenvalue weighted by Gasteiger charge is 2.25. The Bertz CT molecular complexity index is 976. The number of carboxylic acids is 1. The van der Waals surface area contributed by atoms with E-state index < -0.39 is 17.9 Å². The normalized spacial score (nSPS) is 11.9. The molecule has 1 atom stereocenters. The van der Waals surface area contributed by atoms with Gasteiger partial charge in [-0.15, -0.1) is 0 Å². The van der Waals surface area contributed by atoms with E-state index in [1.807, 2.05) is 6.07 Å². The number of carbonyl (C=O) groups is 2. The Kier molecular flexibility index (Phi) is 5.04. The first-order valence-electron chi connectivity index (χ1n) is 7.82. The first-order chi connectivity index (χ1) is 12.5. The van der Waals surface area contributed by atoms with Crippen molar-refractivity contribution < 1.29 is 19.8 Å². The number of benzene rings is 2. The molecule has 3 aromatic rings. The lowest BCUT2D eigenvalue weighted by Gasteiger charge is -2.15. The fourth-order valence-electron chi connectivity index (χ4n) is 2.64. The van der Waals surface area contributed by atoms with Gasteiger partial charge in [0.2, 0.25) is 0 Å². The number of aromatic nitrogens is 1. The van der Waals surface area contributed by atoms with Crippen molar-refractivity contribution in [2.24, 2.45) is 0 Å². The quantitative estimate of drug-likeness (QED) is 0.599. The summed E-state index contributed by atoms with van der Waals surface area (Å²) >= 11 is 6.09. The summed E-state index contributed by atoms with van der Waals surface area (Å²) in [6.07, 6.45) is 0.101. The van der Waals surface area contributed by atoms with Crippen LogP contribution in [0.5, 0.6) is 5.75 Å². The van der Waals surface area contributed by atoms with Gasteiger partial charge in [-0.3, -0.25) is 4.79 Å². The maximum absolute atomic E-state index is 12.5. The van der Waals surface area contributed by atoms with Crippen LogP contribution in [0.15, 0.2) is 54.6 Å². The fourth-order valence-corrected chi connectivity index (χ4v) is 2.89. The molecule has 0 bridgehead atoms. The van der Waals surface area contributed by atoms with E-state index in [4.69, 9.17) is 11.6 Å². The minimum atomic E-state index is -1.19. The Morgan fingerprint density at radius 3 is 2.31 bits per heavy atom. The summed E-state index contributed by atoms with van der Waals surface area (Å²) in [5.74, 6) is -2.33. The third-order valence-electron chi connectivity index (χ3n) is 3.94. The minimum absolute atomic E-state index is 0.0542. The number of rotatable bonds is 5. The van der Waals surface area contributed by atoms with Crippen molar-refractivity contribution >= 4 is 34.2 Å². The van der Waals surface area contributed by atoms with Gasteiger partial charge in [0.05, 0.1) is 0 Å². The number of hydrogen-bond acceptors (Lipinski definition) is 4. The van der Waals surface area contributed by atoms with Crippen LogP contribution in [-0.4, -0.2) is 33.1 Å². The standard InChI is InChI=1S/C19H15ClN2O4/c20-17-13-9-5-4-8-12(13)16(23)15(22-17)18(24)21-14(19(25)26)10-11-6-2-1-3-7-11/h1-9,14,23H,10H2,(H,21,24)(H,25,26)/t14-/m1/s1. The number of nitrogens with one attached hydrogen (secondary N) is 1. The summed E-state index contributed by atoms with van der Waals surface area (Å²) in [5.41, 5.74) is 0.446. The molecule has 0 unspecified atom stereocenters. The summed E-state index contributed by atoms with van der Waals surface area (Å²) in [6.45, 7) is 0. The molecule has 0 aliphatic heterocycles. The van der Waals surface area contributed by atoms with Crippen molar-refractivity contribution in [1.29, 1.82) is 0 Å². The van der Waals surface area contributed by atoms with Gasteiger partial charge >= 0.3 is 5.97 Å². The van der Waals surface area contributed by atoms with Gasteiger partial charge in [-0.2, -0.15) is 0 Å². The van der Waals surface area contributed by atoms with E-state index in [0.717, 1.165) is 5.56 Å². The van der Waals surface area contributed by atoms with Crippen LogP contribution in [0.25, 0.3) is 10.8 Å². The van der Waals surface area contributed by atoms with E-state index in [9.17, 15) is 19.8 Å². The molecule has 0 radical (unpaired) electrons. The van der Waals surface area contributed by atoms with Gasteiger partial charge in [-0.05, 0) is 5.56 Å². The van der Waals surface area contributed by atoms with Crippen molar-refractivity contribution in [2.45, 2.75) is 12.5 Å². The molecule has 0 saturated heterocycles. The third-order valence-corrected chi connectivity index (χ3v) is 4.23. The number of fused-ring (bicyclic) bond motifs is 1. The Balaban J connectivity index is 1.89. The van der Waals surface area contributed by atoms with Crippen LogP contribution in [0.2, 0.25) is 5.15 Å². The first-order valence-corrected chi connectivity index (χ1v) is 8.20. The van der Waals surface area contributed by atoms with Gasteiger partial charge in [-0.1, -0.05) is 66.2 Å². The number of hydrogen-bond donors (Lipinski definition) is 3. The zero-order chi connectivity index (χ0) is 18.7. The molecule has 0 fully saturated rings. The van der Waals surface area contributed by atoms with Crippen molar-refractivity contribution in [3.63, 3.8) is 0 Å². The van der Waals surface area contributed by atoms with Gasteiger partial charge < -0.3 is 15.5 Å². The molecule has 3 N–H and O–H groups in total. The van der Waals surface area contributed by atoms with Gasteiger partial charge in [0.15, 0.2) is 11.4 Å². The average molecular weight is 371 g/mol. The molecule has 6 nitrogen and oxygen atoms in total. The fraction of sp³-hybridized carbons (Fsp3) is 0.105. The van der Waals surface area contributed by atoms with E-state index in [-0.39, 0.29) is 23.0 Å². The molecular formula is C19H15ClN2O4. The predicted molar refractivity (Wildman–Crippen MR) is 97.5 cm³/mol. The predicted octanol–water partition coefficient (Wildman–Crippen LogP) is 3.02. The summed E-state index contributed by atoms with van der Waals surface area (Å²) in [6, 6.07) is 14.4. The number of aromatic hydroxyl groups is 1. The topological polar surface area (TPSA) is 99.5 Å². The number of aliphatic carboxylic acids is 1. The molecule has 0 aliphatic rings. The molecule has 2 aromatic carbocycles. The number of pyridine rings is 1. The molecule has 0 saturated carbocycles. The lowest BCUT2D eigenvalue weighted by atomic mass is 10.1. The molecule has 1 aromatic heterocycles. The Hall–Kier alpha value is -3.12. The first kappa shape index (κ1) is 17.7. The number of nitrogens with zero attached hydrogens (tertiary/aromatic N) is 1. The minimum Gasteiger partial charge on any atom is -0.505 e. The summed E-state index contributed by atoms with van der Waals surface area (Å²) in [4.78, 5) is 28.0. The molecule has 26 heavy (non-hydrogen) atoms. The molecule has 132 valence electrons. The molecule has 3 rings (SSSR count). The molecule has 7 heteroatoms. The van der Waals surface area contributed by atoms with Crippen LogP contribution in [-0.2, 0) is 11.2 Å². The molecular weight excluding hydrogens is 356 g/mol. The molecule has 0 aliphatic carbocycles. The van der Waals surface area contributed by atoms with Crippen molar-refractivity contribution in [2.75, 3.05) is 0 Å². The highest BCUT2D eigenvalue weighted by molar-refractivity contribution is 6.34. The van der Waals surface area contributed by atoms with E-state index in [2.05, 4.69) is 10.3 Å². The Morgan fingerprint density at radius 1 is 1.04 bits per heavy atom. The van der Waals surface area contributed by atoms with Gasteiger partial charge in [-0.25, -0.2) is 9.78 Å². The number of halogens is 1. The maximum atomic E-state index is 12.5. The van der Waals surface area contributed by atoms with Crippen LogP contribution in [0, 0.1) is 0 Å². The zero-order valence-corrected chi connectivity index (χ0v) is 14.3. The smallest absolute Gasteiger partial charge is 0.326 e. The highest BCUT2D eigenvalue weighted by atomic mass is 35.5. The molecule has 0 spiro atoms. The van der Waals surface area contributed by atoms with Crippen LogP contribution < -0.4 is 5.32 Å². The van der Waals surface area contributed by atoms with E-state index in [1.165, 1.54) is 0 Å². The lowest BCUT2D eigenvalue weighted by molar-refractivity contribution is -0.139. The summed E-state index contributed by atoms with van der Waals surface area (Å²) < 4.78 is 0. The Labute approximate surface area is 154 Å². The van der Waals surface area contributed by atoms with Gasteiger partial charge in [0, 0.05) is 17.2 Å². The number of carboxylic acid groups (broad SMARTS) is 1. The average Bonchev–Trinajstić information content (AvgIpc) is 2.65. The second kappa shape index (κ2) is 7.41. The zero-order valence-electron chi connectivity index (χ0n) is 13.5. The second-order valence-electron chi connectivity index (χ2n) is 5.70.